The predicted molar refractivity (Wildman–Crippen MR) is 114 cm³/mol. The highest BCUT2D eigenvalue weighted by Crippen LogP contribution is 2.16. The van der Waals surface area contributed by atoms with E-state index in [0.717, 1.165) is 17.1 Å². The van der Waals surface area contributed by atoms with Gasteiger partial charge >= 0.3 is 0 Å². The van der Waals surface area contributed by atoms with Gasteiger partial charge in [-0.05, 0) is 61.1 Å². The maximum atomic E-state index is 12.4. The van der Waals surface area contributed by atoms with Crippen molar-refractivity contribution in [2.24, 2.45) is 0 Å². The van der Waals surface area contributed by atoms with Crippen molar-refractivity contribution in [3.63, 3.8) is 0 Å². The number of methoxy groups -OCH3 is 1. The molecule has 30 heavy (non-hydrogen) atoms. The molecule has 0 fully saturated rings. The minimum absolute atomic E-state index is 0.0793. The highest BCUT2D eigenvalue weighted by Gasteiger charge is 2.10. The van der Waals surface area contributed by atoms with Gasteiger partial charge in [0.1, 0.15) is 11.5 Å². The second-order valence-corrected chi connectivity index (χ2v) is 6.91. The summed E-state index contributed by atoms with van der Waals surface area (Å²) < 4.78 is 10.3. The molecule has 0 saturated heterocycles. The van der Waals surface area contributed by atoms with Gasteiger partial charge in [0.15, 0.2) is 0 Å². The van der Waals surface area contributed by atoms with Gasteiger partial charge in [0, 0.05) is 17.8 Å². The Kier molecular flexibility index (Phi) is 7.24. The number of ether oxygens (including phenoxy) is 1. The lowest BCUT2D eigenvalue weighted by molar-refractivity contribution is -0.122. The van der Waals surface area contributed by atoms with Crippen LogP contribution in [0.2, 0.25) is 0 Å². The zero-order chi connectivity index (χ0) is 21.3. The Balaban J connectivity index is 1.46. The molecular formula is C23H25N3O4. The van der Waals surface area contributed by atoms with E-state index in [9.17, 15) is 9.59 Å². The van der Waals surface area contributed by atoms with Crippen LogP contribution in [0.4, 0.5) is 5.69 Å². The topological polar surface area (TPSA) is 83.8 Å². The van der Waals surface area contributed by atoms with Crippen molar-refractivity contribution in [1.29, 1.82) is 0 Å². The number of anilines is 1. The summed E-state index contributed by atoms with van der Waals surface area (Å²) in [5, 5.41) is 5.68. The molecule has 2 aromatic carbocycles. The van der Waals surface area contributed by atoms with Crippen molar-refractivity contribution in [3.05, 3.63) is 83.8 Å². The summed E-state index contributed by atoms with van der Waals surface area (Å²) in [6.45, 7) is 1.23. The van der Waals surface area contributed by atoms with Gasteiger partial charge in [-0.3, -0.25) is 14.5 Å². The van der Waals surface area contributed by atoms with Crippen LogP contribution >= 0.6 is 0 Å². The molecule has 1 aromatic heterocycles. The number of likely N-dealkylation sites (N-methyl/N-ethyl adjacent to an activating group) is 1. The molecule has 3 rings (SSSR count). The first-order valence-electron chi connectivity index (χ1n) is 9.55. The number of nitrogens with one attached hydrogen (secondary N) is 2. The van der Waals surface area contributed by atoms with Crippen LogP contribution in [0, 0.1) is 0 Å². The van der Waals surface area contributed by atoms with Gasteiger partial charge in [-0.25, -0.2) is 0 Å². The van der Waals surface area contributed by atoms with Crippen LogP contribution in [0.1, 0.15) is 21.7 Å². The molecule has 2 amide bonds. The lowest BCUT2D eigenvalue weighted by Crippen LogP contribution is -2.34. The fourth-order valence-electron chi connectivity index (χ4n) is 2.91. The molecular weight excluding hydrogens is 382 g/mol. The van der Waals surface area contributed by atoms with Gasteiger partial charge in [-0.2, -0.15) is 0 Å². The van der Waals surface area contributed by atoms with Crippen LogP contribution in [-0.2, 0) is 17.9 Å². The van der Waals surface area contributed by atoms with Crippen molar-refractivity contribution in [2.75, 3.05) is 26.0 Å². The van der Waals surface area contributed by atoms with Crippen LogP contribution in [0.5, 0.6) is 5.75 Å². The molecule has 2 N–H and O–H groups in total. The van der Waals surface area contributed by atoms with Gasteiger partial charge in [-0.15, -0.1) is 0 Å². The monoisotopic (exact) mass is 407 g/mol. The van der Waals surface area contributed by atoms with E-state index in [1.807, 2.05) is 30.1 Å². The zero-order valence-electron chi connectivity index (χ0n) is 17.1. The normalized spacial score (nSPS) is 10.6. The van der Waals surface area contributed by atoms with Crippen LogP contribution in [0.25, 0.3) is 0 Å². The third kappa shape index (κ3) is 6.22. The van der Waals surface area contributed by atoms with E-state index in [0.29, 0.717) is 24.3 Å². The molecule has 7 nitrogen and oxygen atoms in total. The standard InChI is InChI=1S/C23H25N3O4/c1-26(16-22(27)24-14-21-4-3-13-30-21)15-17-5-7-18(8-6-17)23(28)25-19-9-11-20(29-2)12-10-19/h3-13H,14-16H2,1-2H3,(H,24,27)(H,25,28). The van der Waals surface area contributed by atoms with Crippen molar-refractivity contribution >= 4 is 17.5 Å². The largest absolute Gasteiger partial charge is 0.497 e. The third-order valence-electron chi connectivity index (χ3n) is 4.47. The summed E-state index contributed by atoms with van der Waals surface area (Å²) in [7, 11) is 3.47. The van der Waals surface area contributed by atoms with Gasteiger partial charge in [0.25, 0.3) is 5.91 Å². The molecule has 0 unspecified atom stereocenters. The fourth-order valence-corrected chi connectivity index (χ4v) is 2.91. The minimum atomic E-state index is -0.183. The molecule has 1 heterocycles. The summed E-state index contributed by atoms with van der Waals surface area (Å²) in [6, 6.07) is 18.1. The number of benzene rings is 2. The van der Waals surface area contributed by atoms with Crippen molar-refractivity contribution in [2.45, 2.75) is 13.1 Å². The highest BCUT2D eigenvalue weighted by atomic mass is 16.5. The van der Waals surface area contributed by atoms with E-state index in [4.69, 9.17) is 9.15 Å². The summed E-state index contributed by atoms with van der Waals surface area (Å²) >= 11 is 0. The zero-order valence-corrected chi connectivity index (χ0v) is 17.1. The number of amides is 2. The Labute approximate surface area is 175 Å². The molecule has 0 aliphatic heterocycles. The molecule has 156 valence electrons. The van der Waals surface area contributed by atoms with E-state index in [1.54, 1.807) is 55.8 Å². The third-order valence-corrected chi connectivity index (χ3v) is 4.47. The Morgan fingerprint density at radius 2 is 1.77 bits per heavy atom. The quantitative estimate of drug-likeness (QED) is 0.569. The van der Waals surface area contributed by atoms with Gasteiger partial charge < -0.3 is 19.8 Å². The number of rotatable bonds is 9. The van der Waals surface area contributed by atoms with Gasteiger partial charge in [0.2, 0.25) is 5.91 Å². The smallest absolute Gasteiger partial charge is 0.255 e. The van der Waals surface area contributed by atoms with E-state index in [2.05, 4.69) is 10.6 Å². The van der Waals surface area contributed by atoms with Crippen LogP contribution in [0.3, 0.4) is 0 Å². The van der Waals surface area contributed by atoms with Crippen molar-refractivity contribution < 1.29 is 18.7 Å². The molecule has 0 atom stereocenters. The number of nitrogens with zero attached hydrogens (tertiary/aromatic N) is 1. The molecule has 7 heteroatoms. The molecule has 0 spiro atoms. The van der Waals surface area contributed by atoms with Crippen LogP contribution in [-0.4, -0.2) is 37.4 Å². The van der Waals surface area contributed by atoms with Gasteiger partial charge in [-0.1, -0.05) is 12.1 Å². The van der Waals surface area contributed by atoms with Crippen LogP contribution in [0.15, 0.2) is 71.3 Å². The van der Waals surface area contributed by atoms with Crippen molar-refractivity contribution in [3.8, 4) is 5.75 Å². The Morgan fingerprint density at radius 1 is 1.03 bits per heavy atom. The second-order valence-electron chi connectivity index (χ2n) is 6.91. The van der Waals surface area contributed by atoms with Gasteiger partial charge in [0.05, 0.1) is 26.5 Å². The molecule has 0 saturated carbocycles. The summed E-state index contributed by atoms with van der Waals surface area (Å²) in [5.74, 6) is 1.19. The van der Waals surface area contributed by atoms with Crippen molar-refractivity contribution in [1.82, 2.24) is 10.2 Å². The SMILES string of the molecule is COc1ccc(NC(=O)c2ccc(CN(C)CC(=O)NCc3ccco3)cc2)cc1. The first-order valence-corrected chi connectivity index (χ1v) is 9.55. The predicted octanol–water partition coefficient (Wildman–Crippen LogP) is 3.29. The average molecular weight is 407 g/mol. The number of hydrogen-bond donors (Lipinski definition) is 2. The van der Waals surface area contributed by atoms with E-state index in [1.165, 1.54) is 0 Å². The Hall–Kier alpha value is -3.58. The average Bonchev–Trinajstić information content (AvgIpc) is 3.27. The Morgan fingerprint density at radius 3 is 2.40 bits per heavy atom. The number of carbonyl (C=O) groups excluding carboxylic acids is 2. The lowest BCUT2D eigenvalue weighted by Gasteiger charge is -2.16. The number of hydrogen-bond acceptors (Lipinski definition) is 5. The molecule has 0 aliphatic rings. The summed E-state index contributed by atoms with van der Waals surface area (Å²) in [6.07, 6.45) is 1.58. The molecule has 3 aromatic rings. The molecule has 0 bridgehead atoms. The number of furan rings is 1. The maximum absolute atomic E-state index is 12.4. The highest BCUT2D eigenvalue weighted by molar-refractivity contribution is 6.04. The Bertz CT molecular complexity index is 951. The minimum Gasteiger partial charge on any atom is -0.497 e. The maximum Gasteiger partial charge on any atom is 0.255 e. The first kappa shape index (κ1) is 21.1. The van der Waals surface area contributed by atoms with E-state index in [-0.39, 0.29) is 18.4 Å². The second kappa shape index (κ2) is 10.3. The first-order chi connectivity index (χ1) is 14.5. The number of carbonyl (C=O) groups is 2. The van der Waals surface area contributed by atoms with Crippen LogP contribution < -0.4 is 15.4 Å². The van der Waals surface area contributed by atoms with E-state index >= 15 is 0 Å². The lowest BCUT2D eigenvalue weighted by atomic mass is 10.1. The molecule has 0 aliphatic carbocycles. The van der Waals surface area contributed by atoms with E-state index < -0.39 is 0 Å². The summed E-state index contributed by atoms with van der Waals surface area (Å²) in [4.78, 5) is 26.4. The fraction of sp³-hybridized carbons (Fsp3) is 0.217. The summed E-state index contributed by atoms with van der Waals surface area (Å²) in [5.41, 5.74) is 2.27. The molecule has 0 radical (unpaired) electrons.